The Morgan fingerprint density at radius 2 is 1.23 bits per heavy atom. The second-order valence-electron chi connectivity index (χ2n) is 16.7. The number of nitrogens with zero attached hydrogens (tertiary/aromatic N) is 4. The molecule has 0 radical (unpaired) electrons. The fourth-order valence-electron chi connectivity index (χ4n) is 8.78. The Kier molecular flexibility index (Phi) is 13.0. The van der Waals surface area contributed by atoms with E-state index in [0.717, 1.165) is 17.7 Å². The van der Waals surface area contributed by atoms with Gasteiger partial charge in [-0.2, -0.15) is 15.8 Å². The van der Waals surface area contributed by atoms with Crippen LogP contribution < -0.4 is 4.90 Å². The SMILES string of the molecule is CCCCCCc1ccc(C2(c3ccc(CCCCCC)cc3)c3cc(/C=C/C4=C(C#N)C(=C(C#N)C#N)OC4(C)C)sc3-c3sc(-c4ccc(N(C)C)cc4)cc32)cc1. The summed E-state index contributed by atoms with van der Waals surface area (Å²) < 4.78 is 6.10. The Balaban J connectivity index is 1.41. The lowest BCUT2D eigenvalue weighted by atomic mass is 9.68. The molecule has 0 saturated carbocycles. The van der Waals surface area contributed by atoms with Crippen molar-refractivity contribution in [2.24, 2.45) is 0 Å². The van der Waals surface area contributed by atoms with Gasteiger partial charge in [-0.25, -0.2) is 0 Å². The van der Waals surface area contributed by atoms with Crippen LogP contribution in [0.2, 0.25) is 0 Å². The summed E-state index contributed by atoms with van der Waals surface area (Å²) in [5.74, 6) is 0.0526. The summed E-state index contributed by atoms with van der Waals surface area (Å²) in [6.45, 7) is 8.26. The van der Waals surface area contributed by atoms with E-state index in [1.54, 1.807) is 11.3 Å². The lowest BCUT2D eigenvalue weighted by Crippen LogP contribution is -2.28. The minimum atomic E-state index is -0.895. The Hall–Kier alpha value is -5.65. The molecule has 0 bridgehead atoms. The zero-order chi connectivity index (χ0) is 42.4. The zero-order valence-electron chi connectivity index (χ0n) is 35.8. The summed E-state index contributed by atoms with van der Waals surface area (Å²) in [4.78, 5) is 6.97. The third-order valence-corrected chi connectivity index (χ3v) is 14.5. The van der Waals surface area contributed by atoms with E-state index in [-0.39, 0.29) is 16.9 Å². The van der Waals surface area contributed by atoms with E-state index >= 15 is 0 Å². The van der Waals surface area contributed by atoms with E-state index in [4.69, 9.17) is 4.74 Å². The largest absolute Gasteiger partial charge is 0.480 e. The van der Waals surface area contributed by atoms with Crippen molar-refractivity contribution in [3.8, 4) is 38.4 Å². The van der Waals surface area contributed by atoms with E-state index in [2.05, 4.69) is 130 Å². The molecular formula is C53H54N4OS2. The van der Waals surface area contributed by atoms with Gasteiger partial charge in [-0.1, -0.05) is 119 Å². The lowest BCUT2D eigenvalue weighted by Gasteiger charge is -2.33. The summed E-state index contributed by atoms with van der Waals surface area (Å²) >= 11 is 3.63. The van der Waals surface area contributed by atoms with Crippen LogP contribution in [0.25, 0.3) is 26.3 Å². The average molecular weight is 827 g/mol. The van der Waals surface area contributed by atoms with E-state index in [0.29, 0.717) is 5.57 Å². The van der Waals surface area contributed by atoms with Gasteiger partial charge in [0.05, 0.1) is 15.2 Å². The maximum atomic E-state index is 10.2. The van der Waals surface area contributed by atoms with Gasteiger partial charge in [0, 0.05) is 35.1 Å². The minimum absolute atomic E-state index is 0.0526. The second kappa shape index (κ2) is 18.3. The van der Waals surface area contributed by atoms with E-state index < -0.39 is 11.0 Å². The first-order valence-corrected chi connectivity index (χ1v) is 23.0. The molecule has 0 fully saturated rings. The van der Waals surface area contributed by atoms with Crippen molar-refractivity contribution < 1.29 is 4.74 Å². The molecule has 1 aliphatic carbocycles. The van der Waals surface area contributed by atoms with E-state index in [1.165, 1.54) is 111 Å². The summed E-state index contributed by atoms with van der Waals surface area (Å²) in [7, 11) is 4.15. The number of hydrogen-bond donors (Lipinski definition) is 0. The first-order valence-electron chi connectivity index (χ1n) is 21.4. The number of rotatable bonds is 16. The Morgan fingerprint density at radius 3 is 1.75 bits per heavy atom. The van der Waals surface area contributed by atoms with Crippen LogP contribution in [0.15, 0.2) is 113 Å². The van der Waals surface area contributed by atoms with Gasteiger partial charge in [-0.15, -0.1) is 22.7 Å². The standard InChI is InChI=1S/C53H54N4OS2/c1-7-9-11-13-15-36-17-23-40(24-18-36)53(41-25-19-37(20-26-41)16-14-12-10-8-2)46-31-43(29-30-45-44(35-56)49(39(33-54)34-55)58-52(45,3)4)59-50(46)51-47(53)32-48(60-51)38-21-27-42(28-22-38)57(5)6/h17-32H,7-16H2,1-6H3/b30-29+. The molecule has 7 heteroatoms. The van der Waals surface area contributed by atoms with Crippen LogP contribution in [0.4, 0.5) is 5.69 Å². The molecule has 0 atom stereocenters. The van der Waals surface area contributed by atoms with Crippen LogP contribution in [0.1, 0.15) is 117 Å². The first-order chi connectivity index (χ1) is 29.1. The number of ether oxygens (including phenoxy) is 1. The molecule has 5 nitrogen and oxygen atoms in total. The average Bonchev–Trinajstić information content (AvgIpc) is 4.00. The molecule has 0 unspecified atom stereocenters. The Bertz CT molecular complexity index is 2490. The number of fused-ring (bicyclic) bond motifs is 3. The first kappa shape index (κ1) is 42.5. The third kappa shape index (κ3) is 8.12. The summed E-state index contributed by atoms with van der Waals surface area (Å²) in [6.07, 6.45) is 16.1. The fourth-order valence-corrected chi connectivity index (χ4v) is 11.3. The molecule has 2 aromatic heterocycles. The van der Waals surface area contributed by atoms with Gasteiger partial charge in [0.25, 0.3) is 0 Å². The van der Waals surface area contributed by atoms with Gasteiger partial charge in [0.2, 0.25) is 0 Å². The van der Waals surface area contributed by atoms with Crippen molar-refractivity contribution in [1.29, 1.82) is 15.8 Å². The van der Waals surface area contributed by atoms with Crippen molar-refractivity contribution >= 4 is 34.4 Å². The second-order valence-corrected chi connectivity index (χ2v) is 18.9. The normalized spacial score (nSPS) is 14.7. The quantitative estimate of drug-likeness (QED) is 0.0717. The number of hydrogen-bond acceptors (Lipinski definition) is 7. The molecule has 1 aliphatic heterocycles. The third-order valence-electron chi connectivity index (χ3n) is 12.1. The van der Waals surface area contributed by atoms with Gasteiger partial charge in [0.15, 0.2) is 11.3 Å². The van der Waals surface area contributed by atoms with Gasteiger partial charge in [-0.3, -0.25) is 0 Å². The molecule has 7 rings (SSSR count). The molecule has 0 N–H and O–H groups in total. The molecule has 60 heavy (non-hydrogen) atoms. The predicted octanol–water partition coefficient (Wildman–Crippen LogP) is 14.1. The molecule has 304 valence electrons. The Labute approximate surface area is 365 Å². The highest BCUT2D eigenvalue weighted by atomic mass is 32.1. The van der Waals surface area contributed by atoms with Gasteiger partial charge in [-0.05, 0) is 109 Å². The van der Waals surface area contributed by atoms with E-state index in [9.17, 15) is 15.8 Å². The van der Waals surface area contributed by atoms with Crippen LogP contribution in [-0.4, -0.2) is 19.7 Å². The molecule has 2 aliphatic rings. The summed E-state index contributed by atoms with van der Waals surface area (Å²) in [5, 5.41) is 29.5. The molecule has 0 spiro atoms. The molecule has 3 heterocycles. The zero-order valence-corrected chi connectivity index (χ0v) is 37.5. The fraction of sp³-hybridized carbons (Fsp3) is 0.340. The summed E-state index contributed by atoms with van der Waals surface area (Å²) in [5.41, 5.74) is 9.45. The molecule has 0 saturated heterocycles. The van der Waals surface area contributed by atoms with Crippen LogP contribution in [-0.2, 0) is 23.0 Å². The molecular weight excluding hydrogens is 773 g/mol. The van der Waals surface area contributed by atoms with Crippen molar-refractivity contribution in [3.05, 3.63) is 152 Å². The highest BCUT2D eigenvalue weighted by Crippen LogP contribution is 2.62. The monoisotopic (exact) mass is 826 g/mol. The number of aryl methyl sites for hydroxylation is 2. The van der Waals surface area contributed by atoms with Crippen LogP contribution >= 0.6 is 22.7 Å². The minimum Gasteiger partial charge on any atom is -0.480 e. The maximum Gasteiger partial charge on any atom is 0.172 e. The highest BCUT2D eigenvalue weighted by Gasteiger charge is 2.49. The number of anilines is 1. The molecule has 0 amide bonds. The molecule has 3 aromatic carbocycles. The number of benzene rings is 3. The van der Waals surface area contributed by atoms with Crippen molar-refractivity contribution in [3.63, 3.8) is 0 Å². The lowest BCUT2D eigenvalue weighted by molar-refractivity contribution is 0.0954. The maximum absolute atomic E-state index is 10.2. The van der Waals surface area contributed by atoms with Crippen molar-refractivity contribution in [1.82, 2.24) is 0 Å². The van der Waals surface area contributed by atoms with Crippen molar-refractivity contribution in [2.75, 3.05) is 19.0 Å². The number of nitriles is 3. The van der Waals surface area contributed by atoms with Crippen molar-refractivity contribution in [2.45, 2.75) is 103 Å². The number of thiophene rings is 2. The topological polar surface area (TPSA) is 83.8 Å². The number of allylic oxidation sites excluding steroid dienone is 2. The number of unbranched alkanes of at least 4 members (excludes halogenated alkanes) is 6. The predicted molar refractivity (Wildman–Crippen MR) is 250 cm³/mol. The highest BCUT2D eigenvalue weighted by molar-refractivity contribution is 7.24. The smallest absolute Gasteiger partial charge is 0.172 e. The van der Waals surface area contributed by atoms with Crippen LogP contribution in [0, 0.1) is 34.0 Å². The van der Waals surface area contributed by atoms with Crippen LogP contribution in [0.5, 0.6) is 0 Å². The van der Waals surface area contributed by atoms with Crippen LogP contribution in [0.3, 0.4) is 0 Å². The van der Waals surface area contributed by atoms with E-state index in [1.807, 2.05) is 43.4 Å². The van der Waals surface area contributed by atoms with Gasteiger partial charge in [0.1, 0.15) is 29.4 Å². The van der Waals surface area contributed by atoms with Gasteiger partial charge >= 0.3 is 0 Å². The summed E-state index contributed by atoms with van der Waals surface area (Å²) in [6, 6.07) is 38.6. The van der Waals surface area contributed by atoms with Gasteiger partial charge < -0.3 is 9.64 Å². The Morgan fingerprint density at radius 1 is 0.683 bits per heavy atom. The molecule has 5 aromatic rings.